The molecule has 0 spiro atoms. The number of anilines is 1. The van der Waals surface area contributed by atoms with E-state index in [-0.39, 0.29) is 0 Å². The Hall–Kier alpha value is -1.09. The Kier molecular flexibility index (Phi) is 4.59. The number of hydrogen-bond acceptors (Lipinski definition) is 3. The molecule has 2 rings (SSSR count). The molecule has 18 heavy (non-hydrogen) atoms. The predicted octanol–water partition coefficient (Wildman–Crippen LogP) is 4.17. The van der Waals surface area contributed by atoms with Crippen molar-refractivity contribution in [3.05, 3.63) is 28.7 Å². The third-order valence-electron chi connectivity index (χ3n) is 3.12. The minimum atomic E-state index is 0.293. The van der Waals surface area contributed by atoms with E-state index < -0.39 is 0 Å². The van der Waals surface area contributed by atoms with Gasteiger partial charge in [0.2, 0.25) is 0 Å². The Morgan fingerprint density at radius 1 is 1.39 bits per heavy atom. The van der Waals surface area contributed by atoms with Gasteiger partial charge in [0.15, 0.2) is 0 Å². The van der Waals surface area contributed by atoms with Crippen molar-refractivity contribution in [2.45, 2.75) is 45.4 Å². The maximum Gasteiger partial charge on any atom is 0.135 e. The predicted molar refractivity (Wildman–Crippen MR) is 76.2 cm³/mol. The van der Waals surface area contributed by atoms with Crippen LogP contribution >= 0.6 is 11.6 Å². The van der Waals surface area contributed by atoms with E-state index in [2.05, 4.69) is 35.2 Å². The van der Waals surface area contributed by atoms with E-state index in [0.717, 1.165) is 24.6 Å². The molecule has 0 bridgehead atoms. The Balaban J connectivity index is 1.92. The topological polar surface area (TPSA) is 37.8 Å². The fourth-order valence-corrected chi connectivity index (χ4v) is 2.29. The van der Waals surface area contributed by atoms with E-state index in [1.54, 1.807) is 11.6 Å². The van der Waals surface area contributed by atoms with Crippen LogP contribution in [0.15, 0.2) is 17.7 Å². The summed E-state index contributed by atoms with van der Waals surface area (Å²) in [5.41, 5.74) is 1.56. The molecule has 0 atom stereocenters. The molecule has 0 aromatic carbocycles. The summed E-state index contributed by atoms with van der Waals surface area (Å²) in [6.45, 7) is 5.05. The van der Waals surface area contributed by atoms with Crippen LogP contribution in [0.4, 0.5) is 5.82 Å². The fraction of sp³-hybridized carbons (Fsp3) is 0.571. The Bertz CT molecular complexity index is 441. The molecule has 1 heterocycles. The van der Waals surface area contributed by atoms with E-state index in [0.29, 0.717) is 11.1 Å². The average Bonchev–Trinajstić information content (AvgIpc) is 2.81. The van der Waals surface area contributed by atoms with Crippen molar-refractivity contribution in [3.63, 3.8) is 0 Å². The Morgan fingerprint density at radius 2 is 2.22 bits per heavy atom. The van der Waals surface area contributed by atoms with Gasteiger partial charge in [0, 0.05) is 18.5 Å². The van der Waals surface area contributed by atoms with Gasteiger partial charge in [0.05, 0.1) is 0 Å². The molecule has 1 aromatic rings. The Labute approximate surface area is 114 Å². The highest BCUT2D eigenvalue weighted by atomic mass is 35.5. The van der Waals surface area contributed by atoms with Gasteiger partial charge in [-0.1, -0.05) is 37.1 Å². The maximum absolute atomic E-state index is 6.00. The molecule has 1 aliphatic carbocycles. The fourth-order valence-electron chi connectivity index (χ4n) is 2.10. The van der Waals surface area contributed by atoms with Crippen LogP contribution in [-0.2, 0) is 0 Å². The lowest BCUT2D eigenvalue weighted by atomic mass is 10.2. The molecule has 98 valence electrons. The summed E-state index contributed by atoms with van der Waals surface area (Å²) in [5.74, 6) is 1.92. The standard InChI is InChI=1S/C14H20ClN3/c1-10(2)14-17-12(15)9-13(18-14)16-8-7-11-5-3-4-6-11/h5,9-10H,3-4,6-8H2,1-2H3,(H,16,17,18). The molecular formula is C14H20ClN3. The zero-order chi connectivity index (χ0) is 13.0. The van der Waals surface area contributed by atoms with E-state index >= 15 is 0 Å². The van der Waals surface area contributed by atoms with Crippen molar-refractivity contribution in [1.29, 1.82) is 0 Å². The molecule has 3 nitrogen and oxygen atoms in total. The summed E-state index contributed by atoms with van der Waals surface area (Å²) in [7, 11) is 0. The summed E-state index contributed by atoms with van der Waals surface area (Å²) in [5, 5.41) is 3.84. The second kappa shape index (κ2) is 6.19. The molecule has 0 unspecified atom stereocenters. The van der Waals surface area contributed by atoms with Crippen LogP contribution in [0.1, 0.15) is 51.3 Å². The van der Waals surface area contributed by atoms with Crippen LogP contribution in [0, 0.1) is 0 Å². The van der Waals surface area contributed by atoms with Gasteiger partial charge in [-0.25, -0.2) is 9.97 Å². The van der Waals surface area contributed by atoms with Crippen LogP contribution in [0.3, 0.4) is 0 Å². The second-order valence-electron chi connectivity index (χ2n) is 5.02. The first-order valence-electron chi connectivity index (χ1n) is 6.61. The van der Waals surface area contributed by atoms with Crippen molar-refractivity contribution in [2.24, 2.45) is 0 Å². The van der Waals surface area contributed by atoms with Crippen molar-refractivity contribution >= 4 is 17.4 Å². The van der Waals surface area contributed by atoms with Gasteiger partial charge < -0.3 is 5.32 Å². The molecule has 0 fully saturated rings. The number of nitrogens with zero attached hydrogens (tertiary/aromatic N) is 2. The molecule has 4 heteroatoms. The van der Waals surface area contributed by atoms with Gasteiger partial charge >= 0.3 is 0 Å². The average molecular weight is 266 g/mol. The third-order valence-corrected chi connectivity index (χ3v) is 3.31. The van der Waals surface area contributed by atoms with Crippen LogP contribution in [0.5, 0.6) is 0 Å². The van der Waals surface area contributed by atoms with Crippen LogP contribution in [0.2, 0.25) is 5.15 Å². The number of aromatic nitrogens is 2. The quantitative estimate of drug-likeness (QED) is 0.641. The minimum Gasteiger partial charge on any atom is -0.370 e. The van der Waals surface area contributed by atoms with Gasteiger partial charge in [-0.3, -0.25) is 0 Å². The van der Waals surface area contributed by atoms with Crippen LogP contribution in [-0.4, -0.2) is 16.5 Å². The number of halogens is 1. The van der Waals surface area contributed by atoms with Crippen LogP contribution in [0.25, 0.3) is 0 Å². The smallest absolute Gasteiger partial charge is 0.135 e. The second-order valence-corrected chi connectivity index (χ2v) is 5.41. The van der Waals surface area contributed by atoms with Crippen LogP contribution < -0.4 is 5.32 Å². The zero-order valence-corrected chi connectivity index (χ0v) is 11.8. The highest BCUT2D eigenvalue weighted by Gasteiger charge is 2.08. The molecule has 0 amide bonds. The van der Waals surface area contributed by atoms with E-state index in [1.165, 1.54) is 19.3 Å². The van der Waals surface area contributed by atoms with Crippen molar-refractivity contribution in [2.75, 3.05) is 11.9 Å². The number of nitrogens with one attached hydrogen (secondary N) is 1. The minimum absolute atomic E-state index is 0.293. The highest BCUT2D eigenvalue weighted by Crippen LogP contribution is 2.21. The summed E-state index contributed by atoms with van der Waals surface area (Å²) < 4.78 is 0. The summed E-state index contributed by atoms with van der Waals surface area (Å²) in [4.78, 5) is 8.69. The van der Waals surface area contributed by atoms with Crippen molar-refractivity contribution in [1.82, 2.24) is 9.97 Å². The normalized spacial score (nSPS) is 15.0. The molecule has 0 saturated carbocycles. The first kappa shape index (κ1) is 13.3. The molecule has 0 radical (unpaired) electrons. The third kappa shape index (κ3) is 3.70. The zero-order valence-electron chi connectivity index (χ0n) is 11.0. The molecule has 1 N–H and O–H groups in total. The highest BCUT2D eigenvalue weighted by molar-refractivity contribution is 6.29. The van der Waals surface area contributed by atoms with Gasteiger partial charge in [0.1, 0.15) is 16.8 Å². The monoisotopic (exact) mass is 265 g/mol. The largest absolute Gasteiger partial charge is 0.370 e. The number of hydrogen-bond donors (Lipinski definition) is 1. The van der Waals surface area contributed by atoms with Gasteiger partial charge in [-0.2, -0.15) is 0 Å². The molecule has 1 aromatic heterocycles. The van der Waals surface area contributed by atoms with Gasteiger partial charge in [-0.05, 0) is 25.7 Å². The summed E-state index contributed by atoms with van der Waals surface area (Å²) >= 11 is 6.00. The lowest BCUT2D eigenvalue weighted by Gasteiger charge is -2.09. The van der Waals surface area contributed by atoms with E-state index in [1.807, 2.05) is 0 Å². The lowest BCUT2D eigenvalue weighted by Crippen LogP contribution is -2.07. The lowest BCUT2D eigenvalue weighted by molar-refractivity contribution is 0.773. The SMILES string of the molecule is CC(C)c1nc(Cl)cc(NCCC2=CCCC2)n1. The van der Waals surface area contributed by atoms with Crippen molar-refractivity contribution < 1.29 is 0 Å². The van der Waals surface area contributed by atoms with Crippen molar-refractivity contribution in [3.8, 4) is 0 Å². The van der Waals surface area contributed by atoms with E-state index in [9.17, 15) is 0 Å². The Morgan fingerprint density at radius 3 is 2.89 bits per heavy atom. The summed E-state index contributed by atoms with van der Waals surface area (Å²) in [6, 6.07) is 1.79. The van der Waals surface area contributed by atoms with Gasteiger partial charge in [-0.15, -0.1) is 0 Å². The number of allylic oxidation sites excluding steroid dienone is 1. The van der Waals surface area contributed by atoms with Gasteiger partial charge in [0.25, 0.3) is 0 Å². The number of rotatable bonds is 5. The maximum atomic E-state index is 6.00. The molecule has 0 aliphatic heterocycles. The molecule has 0 saturated heterocycles. The summed E-state index contributed by atoms with van der Waals surface area (Å²) in [6.07, 6.45) is 7.26. The van der Waals surface area contributed by atoms with E-state index in [4.69, 9.17) is 11.6 Å². The first-order valence-corrected chi connectivity index (χ1v) is 6.99. The molecular weight excluding hydrogens is 246 g/mol. The first-order chi connectivity index (χ1) is 8.65. The molecule has 1 aliphatic rings.